The first-order valence-corrected chi connectivity index (χ1v) is 10.4. The zero-order chi connectivity index (χ0) is 18.5. The lowest BCUT2D eigenvalue weighted by atomic mass is 9.48. The molecule has 1 amide bonds. The molecule has 4 bridgehead atoms. The Morgan fingerprint density at radius 2 is 1.54 bits per heavy atom. The molecular weight excluding hydrogens is 340 g/mol. The van der Waals surface area contributed by atoms with Crippen LogP contribution in [0.1, 0.15) is 66.9 Å². The van der Waals surface area contributed by atoms with Gasteiger partial charge in [0.1, 0.15) is 0 Å². The maximum Gasteiger partial charge on any atom is 0.257 e. The number of rotatable bonds is 3. The summed E-state index contributed by atoms with van der Waals surface area (Å²) in [7, 11) is 0. The second-order valence-electron chi connectivity index (χ2n) is 9.31. The van der Waals surface area contributed by atoms with Crippen molar-refractivity contribution in [2.45, 2.75) is 65.3 Å². The number of nitrogens with one attached hydrogen (secondary N) is 2. The topological polar surface area (TPSA) is 41.1 Å². The van der Waals surface area contributed by atoms with E-state index in [0.717, 1.165) is 28.9 Å². The van der Waals surface area contributed by atoms with Crippen LogP contribution >= 0.6 is 12.2 Å². The summed E-state index contributed by atoms with van der Waals surface area (Å²) in [5.41, 5.74) is 3.24. The van der Waals surface area contributed by atoms with Crippen molar-refractivity contribution >= 4 is 23.2 Å². The second kappa shape index (κ2) is 6.63. The third kappa shape index (κ3) is 3.40. The SMILES string of the molecule is Cc1cc(C)cc(C(=O)NC(=S)N[C@@H](C)C23CC4CC(CC(C4)C2)C3)c1. The van der Waals surface area contributed by atoms with Gasteiger partial charge in [0.05, 0.1) is 0 Å². The highest BCUT2D eigenvalue weighted by Crippen LogP contribution is 2.61. The predicted octanol–water partition coefficient (Wildman–Crippen LogP) is 4.51. The number of benzene rings is 1. The molecule has 1 aromatic carbocycles. The van der Waals surface area contributed by atoms with Gasteiger partial charge in [0.15, 0.2) is 5.11 Å². The molecule has 0 saturated heterocycles. The van der Waals surface area contributed by atoms with E-state index in [4.69, 9.17) is 12.2 Å². The molecule has 3 nitrogen and oxygen atoms in total. The van der Waals surface area contributed by atoms with Crippen molar-refractivity contribution in [3.8, 4) is 0 Å². The van der Waals surface area contributed by atoms with E-state index in [0.29, 0.717) is 22.1 Å². The van der Waals surface area contributed by atoms with E-state index in [2.05, 4.69) is 23.6 Å². The van der Waals surface area contributed by atoms with Crippen LogP contribution in [0, 0.1) is 37.0 Å². The molecule has 0 aliphatic heterocycles. The molecular formula is C22H30N2OS. The number of carbonyl (C=O) groups is 1. The smallest absolute Gasteiger partial charge is 0.257 e. The second-order valence-corrected chi connectivity index (χ2v) is 9.71. The third-order valence-corrected chi connectivity index (χ3v) is 7.28. The highest BCUT2D eigenvalue weighted by molar-refractivity contribution is 7.80. The molecule has 4 aliphatic carbocycles. The molecule has 4 fully saturated rings. The van der Waals surface area contributed by atoms with Crippen molar-refractivity contribution in [2.24, 2.45) is 23.2 Å². The minimum atomic E-state index is -0.119. The van der Waals surface area contributed by atoms with E-state index in [9.17, 15) is 4.79 Å². The Hall–Kier alpha value is -1.42. The summed E-state index contributed by atoms with van der Waals surface area (Å²) in [5.74, 6) is 2.64. The van der Waals surface area contributed by atoms with E-state index in [-0.39, 0.29) is 5.91 Å². The van der Waals surface area contributed by atoms with Crippen LogP contribution in [0.15, 0.2) is 18.2 Å². The predicted molar refractivity (Wildman–Crippen MR) is 109 cm³/mol. The molecule has 4 heteroatoms. The van der Waals surface area contributed by atoms with Crippen molar-refractivity contribution in [3.63, 3.8) is 0 Å². The van der Waals surface area contributed by atoms with Crippen molar-refractivity contribution in [3.05, 3.63) is 34.9 Å². The average Bonchev–Trinajstić information content (AvgIpc) is 2.52. The Labute approximate surface area is 162 Å². The fourth-order valence-corrected chi connectivity index (χ4v) is 6.64. The third-order valence-electron chi connectivity index (χ3n) is 7.06. The molecule has 1 atom stereocenters. The zero-order valence-corrected chi connectivity index (χ0v) is 16.9. The minimum absolute atomic E-state index is 0.119. The highest BCUT2D eigenvalue weighted by atomic mass is 32.1. The first-order chi connectivity index (χ1) is 12.3. The van der Waals surface area contributed by atoms with Gasteiger partial charge < -0.3 is 5.32 Å². The van der Waals surface area contributed by atoms with Crippen molar-refractivity contribution in [1.29, 1.82) is 0 Å². The van der Waals surface area contributed by atoms with E-state index in [1.54, 1.807) is 0 Å². The molecule has 0 radical (unpaired) electrons. The molecule has 0 heterocycles. The van der Waals surface area contributed by atoms with Gasteiger partial charge >= 0.3 is 0 Å². The van der Waals surface area contributed by atoms with Crippen LogP contribution in [-0.4, -0.2) is 17.1 Å². The molecule has 26 heavy (non-hydrogen) atoms. The van der Waals surface area contributed by atoms with Gasteiger partial charge in [0.25, 0.3) is 5.91 Å². The summed E-state index contributed by atoms with van der Waals surface area (Å²) in [6.45, 7) is 6.29. The Morgan fingerprint density at radius 1 is 1.04 bits per heavy atom. The molecule has 2 N–H and O–H groups in total. The summed E-state index contributed by atoms with van der Waals surface area (Å²) in [5, 5.41) is 6.83. The molecule has 140 valence electrons. The molecule has 5 rings (SSSR count). The van der Waals surface area contributed by atoms with Crippen LogP contribution in [-0.2, 0) is 0 Å². The lowest BCUT2D eigenvalue weighted by molar-refractivity contribution is -0.0672. The van der Waals surface area contributed by atoms with Crippen LogP contribution in [0.25, 0.3) is 0 Å². The summed E-state index contributed by atoms with van der Waals surface area (Å²) in [6.07, 6.45) is 8.34. The van der Waals surface area contributed by atoms with E-state index >= 15 is 0 Å². The van der Waals surface area contributed by atoms with Crippen molar-refractivity contribution in [1.82, 2.24) is 10.6 Å². The molecule has 0 spiro atoms. The Balaban J connectivity index is 1.39. The van der Waals surface area contributed by atoms with Gasteiger partial charge in [0, 0.05) is 11.6 Å². The van der Waals surface area contributed by atoms with E-state index in [1.165, 1.54) is 38.5 Å². The zero-order valence-electron chi connectivity index (χ0n) is 16.1. The number of aryl methyl sites for hydroxylation is 2. The first kappa shape index (κ1) is 18.0. The standard InChI is InChI=1S/C22H30N2OS/c1-13-4-14(2)6-19(5-13)20(25)24-21(26)23-15(3)22-10-16-7-17(11-22)9-18(8-16)12-22/h4-6,15-18H,7-12H2,1-3H3,(H2,23,24,25,26)/t15-,16?,17?,18?,22?/m0/s1. The Bertz CT molecular complexity index is 686. The Morgan fingerprint density at radius 3 is 2.04 bits per heavy atom. The van der Waals surface area contributed by atoms with Crippen molar-refractivity contribution < 1.29 is 4.79 Å². The van der Waals surface area contributed by atoms with Gasteiger partial charge in [-0.05, 0) is 107 Å². The van der Waals surface area contributed by atoms with Crippen LogP contribution < -0.4 is 10.6 Å². The molecule has 4 aliphatic rings. The Kier molecular flexibility index (Phi) is 4.58. The summed E-state index contributed by atoms with van der Waals surface area (Å²) < 4.78 is 0. The maximum absolute atomic E-state index is 12.6. The van der Waals surface area contributed by atoms with Gasteiger partial charge in [-0.25, -0.2) is 0 Å². The number of hydrogen-bond acceptors (Lipinski definition) is 2. The fraction of sp³-hybridized carbons (Fsp3) is 0.636. The van der Waals surface area contributed by atoms with Crippen molar-refractivity contribution in [2.75, 3.05) is 0 Å². The van der Waals surface area contributed by atoms with Crippen LogP contribution in [0.5, 0.6) is 0 Å². The molecule has 4 saturated carbocycles. The summed E-state index contributed by atoms with van der Waals surface area (Å²) in [4.78, 5) is 12.6. The summed E-state index contributed by atoms with van der Waals surface area (Å²) in [6, 6.07) is 6.21. The van der Waals surface area contributed by atoms with Crippen LogP contribution in [0.2, 0.25) is 0 Å². The molecule has 0 unspecified atom stereocenters. The number of hydrogen-bond donors (Lipinski definition) is 2. The minimum Gasteiger partial charge on any atom is -0.359 e. The quantitative estimate of drug-likeness (QED) is 0.769. The number of amides is 1. The van der Waals surface area contributed by atoms with Crippen LogP contribution in [0.4, 0.5) is 0 Å². The van der Waals surface area contributed by atoms with E-state index < -0.39 is 0 Å². The fourth-order valence-electron chi connectivity index (χ4n) is 6.37. The lowest BCUT2D eigenvalue weighted by Gasteiger charge is -2.59. The van der Waals surface area contributed by atoms with Gasteiger partial charge in [-0.1, -0.05) is 17.2 Å². The number of carbonyl (C=O) groups excluding carboxylic acids is 1. The van der Waals surface area contributed by atoms with Crippen LogP contribution in [0.3, 0.4) is 0 Å². The summed E-state index contributed by atoms with van der Waals surface area (Å²) >= 11 is 5.48. The molecule has 1 aromatic rings. The normalized spacial score (nSPS) is 33.0. The largest absolute Gasteiger partial charge is 0.359 e. The first-order valence-electron chi connectivity index (χ1n) is 10.0. The average molecular weight is 371 g/mol. The number of thiocarbonyl (C=S) groups is 1. The van der Waals surface area contributed by atoms with Gasteiger partial charge in [0.2, 0.25) is 0 Å². The van der Waals surface area contributed by atoms with Gasteiger partial charge in [-0.3, -0.25) is 10.1 Å². The monoisotopic (exact) mass is 370 g/mol. The lowest BCUT2D eigenvalue weighted by Crippen LogP contribution is -2.57. The molecule has 0 aromatic heterocycles. The van der Waals surface area contributed by atoms with Gasteiger partial charge in [-0.15, -0.1) is 0 Å². The van der Waals surface area contributed by atoms with E-state index in [1.807, 2.05) is 26.0 Å². The maximum atomic E-state index is 12.6. The highest BCUT2D eigenvalue weighted by Gasteiger charge is 2.53. The van der Waals surface area contributed by atoms with Gasteiger partial charge in [-0.2, -0.15) is 0 Å².